The number of carbonyl (C=O) groups is 1. The first kappa shape index (κ1) is 17.2. The van der Waals surface area contributed by atoms with Gasteiger partial charge >= 0.3 is 0 Å². The number of hydrogen-bond donors (Lipinski definition) is 1. The molecule has 0 saturated carbocycles. The first-order chi connectivity index (χ1) is 12.6. The molecule has 138 valence electrons. The quantitative estimate of drug-likeness (QED) is 0.903. The highest BCUT2D eigenvalue weighted by Gasteiger charge is 2.29. The molecule has 0 spiro atoms. The van der Waals surface area contributed by atoms with Crippen molar-refractivity contribution in [2.45, 2.75) is 19.4 Å². The van der Waals surface area contributed by atoms with Crippen molar-refractivity contribution in [3.63, 3.8) is 0 Å². The van der Waals surface area contributed by atoms with Gasteiger partial charge in [0.05, 0.1) is 5.69 Å². The molecule has 1 aromatic heterocycles. The number of aryl methyl sites for hydroxylation is 1. The highest BCUT2D eigenvalue weighted by atomic mass is 19.1. The normalized spacial score (nSPS) is 21.3. The van der Waals surface area contributed by atoms with Gasteiger partial charge in [-0.25, -0.2) is 9.07 Å². The van der Waals surface area contributed by atoms with Gasteiger partial charge < -0.3 is 10.2 Å². The lowest BCUT2D eigenvalue weighted by Crippen LogP contribution is -2.52. The van der Waals surface area contributed by atoms with Crippen LogP contribution in [0.25, 0.3) is 5.69 Å². The molecule has 4 rings (SSSR count). The minimum absolute atomic E-state index is 0.0295. The summed E-state index contributed by atoms with van der Waals surface area (Å²) in [6.45, 7) is 7.33. The maximum Gasteiger partial charge on any atom is 0.274 e. The van der Waals surface area contributed by atoms with Crippen LogP contribution in [0.2, 0.25) is 0 Å². The van der Waals surface area contributed by atoms with Gasteiger partial charge in [0.25, 0.3) is 5.91 Å². The summed E-state index contributed by atoms with van der Waals surface area (Å²) in [6, 6.07) is 8.53. The van der Waals surface area contributed by atoms with Gasteiger partial charge in [-0.05, 0) is 50.2 Å². The molecule has 0 radical (unpaired) electrons. The Kier molecular flexibility index (Phi) is 4.74. The number of hydrogen-bond acceptors (Lipinski definition) is 4. The predicted octanol–water partition coefficient (Wildman–Crippen LogP) is 1.44. The minimum Gasteiger partial charge on any atom is -0.335 e. The third-order valence-corrected chi connectivity index (χ3v) is 5.33. The first-order valence-electron chi connectivity index (χ1n) is 9.18. The van der Waals surface area contributed by atoms with Gasteiger partial charge in [-0.15, -0.1) is 0 Å². The van der Waals surface area contributed by atoms with E-state index in [2.05, 4.69) is 15.3 Å². The molecule has 1 unspecified atom stereocenters. The molecule has 0 bridgehead atoms. The van der Waals surface area contributed by atoms with Crippen molar-refractivity contribution in [2.75, 3.05) is 39.3 Å². The fourth-order valence-corrected chi connectivity index (χ4v) is 3.83. The van der Waals surface area contributed by atoms with Gasteiger partial charge in [0, 0.05) is 44.5 Å². The number of benzene rings is 1. The van der Waals surface area contributed by atoms with Gasteiger partial charge in [-0.3, -0.25) is 9.69 Å². The average Bonchev–Trinajstić information content (AvgIpc) is 3.32. The maximum atomic E-state index is 13.1. The van der Waals surface area contributed by atoms with E-state index in [9.17, 15) is 9.18 Å². The van der Waals surface area contributed by atoms with Crippen LogP contribution < -0.4 is 5.32 Å². The number of halogens is 1. The molecule has 2 fully saturated rings. The second kappa shape index (κ2) is 7.17. The molecule has 1 N–H and O–H groups in total. The number of aromatic nitrogens is 2. The molecule has 0 aliphatic carbocycles. The van der Waals surface area contributed by atoms with Crippen LogP contribution in [0.4, 0.5) is 4.39 Å². The molecule has 26 heavy (non-hydrogen) atoms. The number of nitrogens with one attached hydrogen (secondary N) is 1. The van der Waals surface area contributed by atoms with Crippen molar-refractivity contribution < 1.29 is 9.18 Å². The minimum atomic E-state index is -0.287. The van der Waals surface area contributed by atoms with Crippen molar-refractivity contribution in [2.24, 2.45) is 0 Å². The third kappa shape index (κ3) is 3.37. The Hall–Kier alpha value is -2.25. The predicted molar refractivity (Wildman–Crippen MR) is 97.0 cm³/mol. The lowest BCUT2D eigenvalue weighted by atomic mass is 10.2. The van der Waals surface area contributed by atoms with Crippen molar-refractivity contribution in [1.82, 2.24) is 24.9 Å². The Balaban J connectivity index is 1.44. The molecular weight excluding hydrogens is 333 g/mol. The highest BCUT2D eigenvalue weighted by Crippen LogP contribution is 2.16. The molecule has 1 atom stereocenters. The monoisotopic (exact) mass is 357 g/mol. The Labute approximate surface area is 152 Å². The Morgan fingerprint density at radius 1 is 1.19 bits per heavy atom. The summed E-state index contributed by atoms with van der Waals surface area (Å²) in [5.74, 6) is -0.316. The fourth-order valence-electron chi connectivity index (χ4n) is 3.83. The number of amides is 1. The van der Waals surface area contributed by atoms with Gasteiger partial charge in [-0.1, -0.05) is 0 Å². The second-order valence-corrected chi connectivity index (χ2v) is 7.03. The molecule has 1 amide bonds. The highest BCUT2D eigenvalue weighted by molar-refractivity contribution is 5.92. The van der Waals surface area contributed by atoms with Crippen molar-refractivity contribution in [1.29, 1.82) is 0 Å². The van der Waals surface area contributed by atoms with Gasteiger partial charge in [0.2, 0.25) is 0 Å². The molecule has 3 heterocycles. The number of rotatable bonds is 3. The molecule has 6 nitrogen and oxygen atoms in total. The molecule has 2 aliphatic rings. The number of carbonyl (C=O) groups excluding carboxylic acids is 1. The maximum absolute atomic E-state index is 13.1. The third-order valence-electron chi connectivity index (χ3n) is 5.33. The van der Waals surface area contributed by atoms with Crippen LogP contribution in [-0.2, 0) is 0 Å². The first-order valence-corrected chi connectivity index (χ1v) is 9.18. The van der Waals surface area contributed by atoms with Crippen LogP contribution in [0.1, 0.15) is 22.6 Å². The van der Waals surface area contributed by atoms with E-state index in [1.807, 2.05) is 11.8 Å². The molecule has 2 saturated heterocycles. The van der Waals surface area contributed by atoms with Crippen molar-refractivity contribution in [3.05, 3.63) is 47.5 Å². The van der Waals surface area contributed by atoms with Crippen molar-refractivity contribution in [3.8, 4) is 5.69 Å². The van der Waals surface area contributed by atoms with Crippen LogP contribution in [-0.4, -0.2) is 70.8 Å². The van der Waals surface area contributed by atoms with Gasteiger partial charge in [0.1, 0.15) is 5.82 Å². The lowest BCUT2D eigenvalue weighted by Gasteiger charge is -2.37. The summed E-state index contributed by atoms with van der Waals surface area (Å²) in [4.78, 5) is 17.2. The van der Waals surface area contributed by atoms with E-state index < -0.39 is 0 Å². The van der Waals surface area contributed by atoms with Crippen LogP contribution in [0.5, 0.6) is 0 Å². The fraction of sp³-hybridized carbons (Fsp3) is 0.474. The second-order valence-electron chi connectivity index (χ2n) is 7.03. The van der Waals surface area contributed by atoms with Crippen molar-refractivity contribution >= 4 is 5.91 Å². The van der Waals surface area contributed by atoms with E-state index in [-0.39, 0.29) is 11.7 Å². The zero-order valence-electron chi connectivity index (χ0n) is 15.0. The standard InChI is InChI=1S/C19H24FN5O/c1-14-12-18(22-25(14)16-4-2-15(20)3-5-16)19(26)24-10-8-23(9-11-24)17-6-7-21-13-17/h2-5,12,17,21H,6-11,13H2,1H3. The smallest absolute Gasteiger partial charge is 0.274 e. The van der Waals surface area contributed by atoms with Gasteiger partial charge in [0.15, 0.2) is 5.69 Å². The summed E-state index contributed by atoms with van der Waals surface area (Å²) in [6.07, 6.45) is 1.19. The van der Waals surface area contributed by atoms with E-state index in [1.54, 1.807) is 22.9 Å². The summed E-state index contributed by atoms with van der Waals surface area (Å²) in [5, 5.41) is 7.86. The van der Waals surface area contributed by atoms with Crippen LogP contribution in [0, 0.1) is 12.7 Å². The van der Waals surface area contributed by atoms with Crippen LogP contribution in [0.15, 0.2) is 30.3 Å². The van der Waals surface area contributed by atoms with Crippen LogP contribution in [0.3, 0.4) is 0 Å². The lowest BCUT2D eigenvalue weighted by molar-refractivity contribution is 0.0578. The molecule has 2 aromatic rings. The number of piperazine rings is 1. The zero-order valence-corrected chi connectivity index (χ0v) is 15.0. The van der Waals surface area contributed by atoms with E-state index in [1.165, 1.54) is 18.6 Å². The Morgan fingerprint density at radius 3 is 2.58 bits per heavy atom. The van der Waals surface area contributed by atoms with Gasteiger partial charge in [-0.2, -0.15) is 5.10 Å². The molecular formula is C19H24FN5O. The zero-order chi connectivity index (χ0) is 18.1. The molecule has 2 aliphatic heterocycles. The Morgan fingerprint density at radius 2 is 1.92 bits per heavy atom. The Bertz CT molecular complexity index is 774. The van der Waals surface area contributed by atoms with E-state index in [0.29, 0.717) is 11.7 Å². The SMILES string of the molecule is Cc1cc(C(=O)N2CCN(C3CCNC3)CC2)nn1-c1ccc(F)cc1. The van der Waals surface area contributed by atoms with E-state index >= 15 is 0 Å². The molecule has 7 heteroatoms. The van der Waals surface area contributed by atoms with E-state index in [0.717, 1.165) is 50.6 Å². The number of nitrogens with zero attached hydrogens (tertiary/aromatic N) is 4. The molecule has 1 aromatic carbocycles. The topological polar surface area (TPSA) is 53.4 Å². The largest absolute Gasteiger partial charge is 0.335 e. The summed E-state index contributed by atoms with van der Waals surface area (Å²) in [7, 11) is 0. The summed E-state index contributed by atoms with van der Waals surface area (Å²) >= 11 is 0. The van der Waals surface area contributed by atoms with Crippen LogP contribution >= 0.6 is 0 Å². The van der Waals surface area contributed by atoms with E-state index in [4.69, 9.17) is 0 Å². The average molecular weight is 357 g/mol. The summed E-state index contributed by atoms with van der Waals surface area (Å²) < 4.78 is 14.8. The summed E-state index contributed by atoms with van der Waals surface area (Å²) in [5.41, 5.74) is 2.06.